The van der Waals surface area contributed by atoms with E-state index in [-0.39, 0.29) is 23.8 Å². The number of nitro benzene ring substituents is 1. The molecule has 0 fully saturated rings. The first kappa shape index (κ1) is 17.8. The Morgan fingerprint density at radius 1 is 1.36 bits per heavy atom. The fourth-order valence-corrected chi connectivity index (χ4v) is 2.39. The van der Waals surface area contributed by atoms with Crippen molar-refractivity contribution in [3.8, 4) is 0 Å². The molecule has 0 saturated carbocycles. The Labute approximate surface area is 141 Å². The second kappa shape index (κ2) is 7.38. The second-order valence-corrected chi connectivity index (χ2v) is 5.00. The highest BCUT2D eigenvalue weighted by Gasteiger charge is 2.33. The van der Waals surface area contributed by atoms with Crippen LogP contribution in [0.15, 0.2) is 40.6 Å². The average Bonchev–Trinajstić information content (AvgIpc) is 2.53. The molecular formula is C14H15N5O6. The number of hydrazone groups is 1. The van der Waals surface area contributed by atoms with Gasteiger partial charge in [-0.25, -0.2) is 14.9 Å². The predicted octanol–water partition coefficient (Wildman–Crippen LogP) is 1.21. The molecule has 0 bridgehead atoms. The van der Waals surface area contributed by atoms with Gasteiger partial charge in [0.25, 0.3) is 11.6 Å². The maximum atomic E-state index is 12.3. The van der Waals surface area contributed by atoms with E-state index in [9.17, 15) is 25.0 Å². The predicted molar refractivity (Wildman–Crippen MR) is 85.9 cm³/mol. The van der Waals surface area contributed by atoms with Crippen LogP contribution in [0.25, 0.3) is 0 Å². The minimum absolute atomic E-state index is 0.132. The number of allylic oxidation sites excluding steroid dienone is 1. The van der Waals surface area contributed by atoms with Crippen molar-refractivity contribution in [2.75, 3.05) is 6.61 Å². The summed E-state index contributed by atoms with van der Waals surface area (Å²) in [6, 6.07) is 4.71. The molecule has 11 heteroatoms. The maximum Gasteiger partial charge on any atom is 0.338 e. The summed E-state index contributed by atoms with van der Waals surface area (Å²) in [4.78, 5) is 33.3. The quantitative estimate of drug-likeness (QED) is 0.457. The molecule has 0 spiro atoms. The van der Waals surface area contributed by atoms with Gasteiger partial charge in [-0.15, -0.1) is 0 Å². The van der Waals surface area contributed by atoms with Crippen molar-refractivity contribution in [3.05, 3.63) is 61.3 Å². The number of nitro groups is 2. The van der Waals surface area contributed by atoms with Gasteiger partial charge in [0, 0.05) is 17.8 Å². The number of nitrogens with zero attached hydrogens (tertiary/aromatic N) is 3. The third-order valence-corrected chi connectivity index (χ3v) is 3.37. The fourth-order valence-electron chi connectivity index (χ4n) is 2.39. The molecule has 0 aliphatic carbocycles. The van der Waals surface area contributed by atoms with E-state index >= 15 is 0 Å². The first-order valence-corrected chi connectivity index (χ1v) is 7.22. The number of rotatable bonds is 5. The van der Waals surface area contributed by atoms with Crippen LogP contribution in [0.1, 0.15) is 25.5 Å². The van der Waals surface area contributed by atoms with Crippen molar-refractivity contribution >= 4 is 17.6 Å². The molecule has 0 aromatic heterocycles. The zero-order chi connectivity index (χ0) is 18.6. The number of non-ortho nitro benzene ring substituents is 1. The van der Waals surface area contributed by atoms with Crippen LogP contribution in [-0.4, -0.2) is 28.5 Å². The molecule has 11 nitrogen and oxygen atoms in total. The molecule has 1 unspecified atom stereocenters. The third kappa shape index (κ3) is 4.07. The molecule has 132 valence electrons. The molecule has 1 atom stereocenters. The minimum atomic E-state index is -0.900. The maximum absolute atomic E-state index is 12.3. The highest BCUT2D eigenvalue weighted by molar-refractivity contribution is 5.96. The summed E-state index contributed by atoms with van der Waals surface area (Å²) in [5.74, 6) is -0.830. The minimum Gasteiger partial charge on any atom is -0.463 e. The number of ether oxygens (including phenoxy) is 1. The highest BCUT2D eigenvalue weighted by Crippen LogP contribution is 2.29. The van der Waals surface area contributed by atoms with Gasteiger partial charge in [0.2, 0.25) is 0 Å². The van der Waals surface area contributed by atoms with E-state index in [1.54, 1.807) is 13.0 Å². The van der Waals surface area contributed by atoms with Gasteiger partial charge in [0.1, 0.15) is 5.10 Å². The third-order valence-electron chi connectivity index (χ3n) is 3.37. The zero-order valence-electron chi connectivity index (χ0n) is 13.4. The molecule has 1 aliphatic rings. The van der Waals surface area contributed by atoms with Crippen molar-refractivity contribution < 1.29 is 19.5 Å². The molecule has 2 rings (SSSR count). The standard InChI is InChI=1S/C14H15N5O6/c1-3-25-13(20)11-8(2)15-14(17-19(23)24)16-12(11)9-5-4-6-10(7-9)18(21)22/h4-7,12H,3H2,1-2H3,(H2,15,16,17). The van der Waals surface area contributed by atoms with Crippen molar-refractivity contribution in [1.29, 1.82) is 0 Å². The lowest BCUT2D eigenvalue weighted by molar-refractivity contribution is -0.485. The lowest BCUT2D eigenvalue weighted by atomic mass is 9.95. The van der Waals surface area contributed by atoms with E-state index < -0.39 is 22.0 Å². The van der Waals surface area contributed by atoms with Crippen LogP contribution in [0.3, 0.4) is 0 Å². The highest BCUT2D eigenvalue weighted by atomic mass is 16.7. The monoisotopic (exact) mass is 349 g/mol. The molecule has 1 aromatic rings. The first-order chi connectivity index (χ1) is 11.8. The fraction of sp³-hybridized carbons (Fsp3) is 0.286. The van der Waals surface area contributed by atoms with Crippen LogP contribution in [0.4, 0.5) is 5.69 Å². The summed E-state index contributed by atoms with van der Waals surface area (Å²) >= 11 is 0. The Morgan fingerprint density at radius 3 is 2.68 bits per heavy atom. The van der Waals surface area contributed by atoms with Gasteiger partial charge in [0.15, 0.2) is 5.03 Å². The normalized spacial score (nSPS) is 18.3. The van der Waals surface area contributed by atoms with Gasteiger partial charge in [-0.2, -0.15) is 0 Å². The molecule has 1 aromatic carbocycles. The van der Waals surface area contributed by atoms with Gasteiger partial charge in [-0.05, 0) is 19.4 Å². The number of guanidine groups is 1. The molecule has 0 radical (unpaired) electrons. The van der Waals surface area contributed by atoms with Crippen LogP contribution in [0.2, 0.25) is 0 Å². The van der Waals surface area contributed by atoms with E-state index in [2.05, 4.69) is 15.7 Å². The number of carbonyl (C=O) groups excluding carboxylic acids is 1. The van der Waals surface area contributed by atoms with Crippen molar-refractivity contribution in [1.82, 2.24) is 10.6 Å². The topological polar surface area (TPSA) is 149 Å². The molecule has 1 aliphatic heterocycles. The Balaban J connectivity index is 2.53. The summed E-state index contributed by atoms with van der Waals surface area (Å²) in [6.07, 6.45) is 0. The van der Waals surface area contributed by atoms with Crippen molar-refractivity contribution in [2.24, 2.45) is 5.10 Å². The SMILES string of the molecule is CCOC(=O)C1=C(C)NC(=N[N+](=O)[O-])NC1c1cccc([N+](=O)[O-])c1. The van der Waals surface area contributed by atoms with Gasteiger partial charge in [-0.3, -0.25) is 10.1 Å². The molecule has 1 heterocycles. The number of hydrogen-bond acceptors (Lipinski definition) is 6. The average molecular weight is 349 g/mol. The van der Waals surface area contributed by atoms with Crippen LogP contribution in [0, 0.1) is 20.2 Å². The van der Waals surface area contributed by atoms with Gasteiger partial charge in [-0.1, -0.05) is 12.1 Å². The van der Waals surface area contributed by atoms with E-state index in [1.807, 2.05) is 0 Å². The zero-order valence-corrected chi connectivity index (χ0v) is 13.4. The number of esters is 1. The molecule has 2 N–H and O–H groups in total. The molecule has 0 amide bonds. The van der Waals surface area contributed by atoms with E-state index in [1.165, 1.54) is 25.1 Å². The molecular weight excluding hydrogens is 334 g/mol. The van der Waals surface area contributed by atoms with Gasteiger partial charge >= 0.3 is 5.97 Å². The number of carbonyl (C=O) groups is 1. The van der Waals surface area contributed by atoms with Crippen LogP contribution >= 0.6 is 0 Å². The lowest BCUT2D eigenvalue weighted by Gasteiger charge is -2.28. The summed E-state index contributed by atoms with van der Waals surface area (Å²) < 4.78 is 5.01. The summed E-state index contributed by atoms with van der Waals surface area (Å²) in [6.45, 7) is 3.31. The first-order valence-electron chi connectivity index (χ1n) is 7.22. The van der Waals surface area contributed by atoms with Crippen LogP contribution < -0.4 is 10.6 Å². The van der Waals surface area contributed by atoms with Crippen LogP contribution in [0.5, 0.6) is 0 Å². The summed E-state index contributed by atoms with van der Waals surface area (Å²) in [5, 5.41) is 29.2. The second-order valence-electron chi connectivity index (χ2n) is 5.00. The van der Waals surface area contributed by atoms with Gasteiger partial charge < -0.3 is 15.4 Å². The Hall–Kier alpha value is -3.50. The Kier molecular flexibility index (Phi) is 5.27. The number of nitrogens with one attached hydrogen (secondary N) is 2. The summed E-state index contributed by atoms with van der Waals surface area (Å²) in [7, 11) is 0. The lowest BCUT2D eigenvalue weighted by Crippen LogP contribution is -2.46. The van der Waals surface area contributed by atoms with Crippen LogP contribution in [-0.2, 0) is 9.53 Å². The number of benzene rings is 1. The van der Waals surface area contributed by atoms with E-state index in [0.29, 0.717) is 11.3 Å². The molecule has 25 heavy (non-hydrogen) atoms. The Morgan fingerprint density at radius 2 is 2.08 bits per heavy atom. The Bertz CT molecular complexity index is 788. The van der Waals surface area contributed by atoms with Crippen molar-refractivity contribution in [3.63, 3.8) is 0 Å². The number of hydrogen-bond donors (Lipinski definition) is 2. The smallest absolute Gasteiger partial charge is 0.338 e. The van der Waals surface area contributed by atoms with Crippen molar-refractivity contribution in [2.45, 2.75) is 19.9 Å². The molecule has 0 saturated heterocycles. The largest absolute Gasteiger partial charge is 0.463 e. The summed E-state index contributed by atoms with van der Waals surface area (Å²) in [5.41, 5.74) is 0.652. The van der Waals surface area contributed by atoms with Gasteiger partial charge in [0.05, 0.1) is 23.1 Å². The van der Waals surface area contributed by atoms with E-state index in [4.69, 9.17) is 4.74 Å². The van der Waals surface area contributed by atoms with E-state index in [0.717, 1.165) is 0 Å².